The van der Waals surface area contributed by atoms with Crippen LogP contribution in [0.4, 0.5) is 13.2 Å². The molecule has 11 nitrogen and oxygen atoms in total. The molecule has 1 amide bonds. The summed E-state index contributed by atoms with van der Waals surface area (Å²) in [5.74, 6) is -0.393. The minimum Gasteiger partial charge on any atom is -0.494 e. The molecule has 4 rings (SSSR count). The van der Waals surface area contributed by atoms with E-state index in [1.165, 1.54) is 41.9 Å². The Balaban J connectivity index is 1.30. The number of benzene rings is 2. The summed E-state index contributed by atoms with van der Waals surface area (Å²) in [4.78, 5) is 16.5. The van der Waals surface area contributed by atoms with Gasteiger partial charge in [0.15, 0.2) is 14.6 Å². The Morgan fingerprint density at radius 2 is 1.72 bits per heavy atom. The first-order valence-corrected chi connectivity index (χ1v) is 13.3. The fourth-order valence-corrected chi connectivity index (χ4v) is 6.16. The van der Waals surface area contributed by atoms with E-state index in [-0.39, 0.29) is 35.9 Å². The first-order valence-electron chi connectivity index (χ1n) is 11.9. The fraction of sp³-hybridized carbons (Fsp3) is 0.375. The second kappa shape index (κ2) is 11.6. The van der Waals surface area contributed by atoms with Crippen LogP contribution < -0.4 is 20.3 Å². The number of ether oxygens (including phenoxy) is 2. The predicted octanol–water partition coefficient (Wildman–Crippen LogP) is 3.05. The summed E-state index contributed by atoms with van der Waals surface area (Å²) in [6.07, 6.45) is -3.89. The zero-order valence-electron chi connectivity index (χ0n) is 20.4. The van der Waals surface area contributed by atoms with Crippen molar-refractivity contribution in [1.82, 2.24) is 20.9 Å². The van der Waals surface area contributed by atoms with E-state index in [1.54, 1.807) is 0 Å². The van der Waals surface area contributed by atoms with Crippen molar-refractivity contribution in [3.05, 3.63) is 54.4 Å². The summed E-state index contributed by atoms with van der Waals surface area (Å²) in [5.41, 5.74) is 1.95. The molecule has 1 saturated heterocycles. The maximum Gasteiger partial charge on any atom is 0.573 e. The number of aromatic nitrogens is 2. The average Bonchev–Trinajstić information content (AvgIpc) is 3.39. The molecule has 210 valence electrons. The van der Waals surface area contributed by atoms with Gasteiger partial charge in [0.25, 0.3) is 5.91 Å². The number of sulfone groups is 1. The van der Waals surface area contributed by atoms with Crippen LogP contribution in [0.3, 0.4) is 0 Å². The summed E-state index contributed by atoms with van der Waals surface area (Å²) in [5, 5.41) is 16.0. The molecule has 1 fully saturated rings. The van der Waals surface area contributed by atoms with E-state index in [9.17, 15) is 26.4 Å². The number of hydrogen-bond donors (Lipinski definition) is 3. The normalized spacial score (nSPS) is 15.5. The topological polar surface area (TPSA) is 153 Å². The molecule has 2 heterocycles. The monoisotopic (exact) mass is 570 g/mol. The molecule has 0 bridgehead atoms. The van der Waals surface area contributed by atoms with E-state index in [4.69, 9.17) is 14.5 Å². The fourth-order valence-electron chi connectivity index (χ4n) is 4.18. The first kappa shape index (κ1) is 28.3. The highest BCUT2D eigenvalue weighted by Gasteiger charge is 2.51. The number of amides is 1. The molecule has 0 radical (unpaired) electrons. The third-order valence-corrected chi connectivity index (χ3v) is 8.71. The standard InChI is InChI=1S/C24H25F3N4O7S/c25-24(26,27)37-18-5-3-16(4-6-18)21-29-20(38-31-21)2-1-15-36-17-7-9-19(10-8-17)39(34,35)23(22(32)30-33)11-13-28-14-12-23/h3-10,28,33H,1-2,11-15H2,(H,30,32). The largest absolute Gasteiger partial charge is 0.573 e. The van der Waals surface area contributed by atoms with Crippen LogP contribution in [0, 0.1) is 0 Å². The van der Waals surface area contributed by atoms with Gasteiger partial charge in [0.05, 0.1) is 11.5 Å². The molecule has 2 aromatic carbocycles. The van der Waals surface area contributed by atoms with Gasteiger partial charge in [-0.05, 0) is 80.9 Å². The predicted molar refractivity (Wildman–Crippen MR) is 129 cm³/mol. The van der Waals surface area contributed by atoms with Crippen LogP contribution in [0.15, 0.2) is 57.9 Å². The van der Waals surface area contributed by atoms with Crippen LogP contribution >= 0.6 is 0 Å². The van der Waals surface area contributed by atoms with Crippen LogP contribution in [0.2, 0.25) is 0 Å². The maximum absolute atomic E-state index is 13.3. The zero-order valence-corrected chi connectivity index (χ0v) is 21.2. The average molecular weight is 571 g/mol. The van der Waals surface area contributed by atoms with Crippen molar-refractivity contribution in [2.45, 2.75) is 41.7 Å². The van der Waals surface area contributed by atoms with Crippen molar-refractivity contribution in [2.75, 3.05) is 19.7 Å². The van der Waals surface area contributed by atoms with Crippen LogP contribution in [-0.4, -0.2) is 60.5 Å². The third-order valence-electron chi connectivity index (χ3n) is 6.19. The highest BCUT2D eigenvalue weighted by Crippen LogP contribution is 2.35. The first-order chi connectivity index (χ1) is 18.5. The Morgan fingerprint density at radius 3 is 2.33 bits per heavy atom. The van der Waals surface area contributed by atoms with Gasteiger partial charge in [0.2, 0.25) is 11.7 Å². The Bertz CT molecular complexity index is 1370. The number of piperidine rings is 1. The number of hydrogen-bond acceptors (Lipinski definition) is 10. The van der Waals surface area contributed by atoms with E-state index in [0.29, 0.717) is 43.1 Å². The van der Waals surface area contributed by atoms with Gasteiger partial charge in [-0.25, -0.2) is 13.9 Å². The molecule has 0 aliphatic carbocycles. The van der Waals surface area contributed by atoms with Crippen molar-refractivity contribution in [2.24, 2.45) is 0 Å². The molecule has 15 heteroatoms. The van der Waals surface area contributed by atoms with Crippen LogP contribution in [0.5, 0.6) is 11.5 Å². The molecule has 39 heavy (non-hydrogen) atoms. The number of nitrogens with zero attached hydrogens (tertiary/aromatic N) is 2. The van der Waals surface area contributed by atoms with Crippen LogP contribution in [0.1, 0.15) is 25.2 Å². The molecule has 0 atom stereocenters. The smallest absolute Gasteiger partial charge is 0.494 e. The highest BCUT2D eigenvalue weighted by molar-refractivity contribution is 7.93. The zero-order chi connectivity index (χ0) is 28.1. The van der Waals surface area contributed by atoms with Crippen LogP contribution in [0.25, 0.3) is 11.4 Å². The lowest BCUT2D eigenvalue weighted by Crippen LogP contribution is -2.57. The lowest BCUT2D eigenvalue weighted by Gasteiger charge is -2.34. The molecule has 0 saturated carbocycles. The van der Waals surface area contributed by atoms with Gasteiger partial charge in [0, 0.05) is 12.0 Å². The maximum atomic E-state index is 13.3. The van der Waals surface area contributed by atoms with Gasteiger partial charge in [-0.1, -0.05) is 5.16 Å². The summed E-state index contributed by atoms with van der Waals surface area (Å²) in [6, 6.07) is 10.7. The summed E-state index contributed by atoms with van der Waals surface area (Å²) >= 11 is 0. The Hall–Kier alpha value is -3.69. The number of aryl methyl sites for hydroxylation is 1. The third kappa shape index (κ3) is 6.49. The molecule has 0 spiro atoms. The number of alkyl halides is 3. The molecular weight excluding hydrogens is 545 g/mol. The molecule has 3 N–H and O–H groups in total. The molecule has 0 unspecified atom stereocenters. The summed E-state index contributed by atoms with van der Waals surface area (Å²) in [6.45, 7) is 0.882. The molecular formula is C24H25F3N4O7S. The SMILES string of the molecule is O=C(NO)C1(S(=O)(=O)c2ccc(OCCCc3nc(-c4ccc(OC(F)(F)F)cc4)no3)cc2)CCNCC1. The van der Waals surface area contributed by atoms with Gasteiger partial charge >= 0.3 is 6.36 Å². The van der Waals surface area contributed by atoms with Gasteiger partial charge < -0.3 is 19.3 Å². The van der Waals surface area contributed by atoms with Gasteiger partial charge in [-0.3, -0.25) is 10.0 Å². The van der Waals surface area contributed by atoms with E-state index in [2.05, 4.69) is 20.2 Å². The quantitative estimate of drug-likeness (QED) is 0.188. The minimum atomic E-state index is -4.78. The lowest BCUT2D eigenvalue weighted by molar-refractivity contribution is -0.274. The van der Waals surface area contributed by atoms with Gasteiger partial charge in [0.1, 0.15) is 11.5 Å². The van der Waals surface area contributed by atoms with E-state index >= 15 is 0 Å². The highest BCUT2D eigenvalue weighted by atomic mass is 32.2. The number of carbonyl (C=O) groups is 1. The van der Waals surface area contributed by atoms with E-state index in [0.717, 1.165) is 12.1 Å². The number of hydroxylamine groups is 1. The molecule has 1 aliphatic rings. The van der Waals surface area contributed by atoms with Crippen molar-refractivity contribution in [3.8, 4) is 22.9 Å². The van der Waals surface area contributed by atoms with Crippen molar-refractivity contribution in [1.29, 1.82) is 0 Å². The lowest BCUT2D eigenvalue weighted by atomic mass is 9.96. The number of nitrogens with one attached hydrogen (secondary N) is 2. The molecule has 1 aromatic heterocycles. The van der Waals surface area contributed by atoms with E-state index in [1.807, 2.05) is 0 Å². The van der Waals surface area contributed by atoms with Crippen molar-refractivity contribution in [3.63, 3.8) is 0 Å². The van der Waals surface area contributed by atoms with E-state index < -0.39 is 26.9 Å². The van der Waals surface area contributed by atoms with Crippen molar-refractivity contribution < 1.29 is 45.6 Å². The Labute approximate surface area is 221 Å². The second-order valence-corrected chi connectivity index (χ2v) is 11.0. The summed E-state index contributed by atoms with van der Waals surface area (Å²) in [7, 11) is -4.10. The number of rotatable bonds is 10. The number of halogens is 3. The summed E-state index contributed by atoms with van der Waals surface area (Å²) < 4.78 is 76.4. The molecule has 1 aliphatic heterocycles. The van der Waals surface area contributed by atoms with Gasteiger partial charge in [-0.2, -0.15) is 4.98 Å². The second-order valence-electron chi connectivity index (χ2n) is 8.70. The minimum absolute atomic E-state index is 0.0230. The molecule has 3 aromatic rings. The number of carbonyl (C=O) groups excluding carboxylic acids is 1. The Kier molecular flexibility index (Phi) is 8.42. The van der Waals surface area contributed by atoms with Crippen LogP contribution in [-0.2, 0) is 21.1 Å². The Morgan fingerprint density at radius 1 is 1.08 bits per heavy atom. The van der Waals surface area contributed by atoms with Crippen molar-refractivity contribution >= 4 is 15.7 Å². The van der Waals surface area contributed by atoms with Gasteiger partial charge in [-0.15, -0.1) is 13.2 Å².